The van der Waals surface area contributed by atoms with E-state index in [1.54, 1.807) is 0 Å². The summed E-state index contributed by atoms with van der Waals surface area (Å²) in [6.07, 6.45) is 0.988. The molecule has 1 atom stereocenters. The molecule has 6 nitrogen and oxygen atoms in total. The molecule has 0 bridgehead atoms. The third-order valence-corrected chi connectivity index (χ3v) is 4.78. The number of hydrogen-bond donors (Lipinski definition) is 1. The molecule has 1 aliphatic heterocycles. The van der Waals surface area contributed by atoms with Crippen molar-refractivity contribution in [2.75, 3.05) is 20.7 Å². The molecule has 21 heavy (non-hydrogen) atoms. The summed E-state index contributed by atoms with van der Waals surface area (Å²) in [4.78, 5) is 0. The molecular weight excluding hydrogens is 292 g/mol. The van der Waals surface area contributed by atoms with Gasteiger partial charge in [-0.05, 0) is 26.0 Å². The minimum atomic E-state index is -3.47. The van der Waals surface area contributed by atoms with Gasteiger partial charge >= 0.3 is 0 Å². The number of hydrogen-bond acceptors (Lipinski definition) is 4. The fraction of sp³-hybridized carbons (Fsp3) is 0.571. The second-order valence-electron chi connectivity index (χ2n) is 5.24. The van der Waals surface area contributed by atoms with Crippen molar-refractivity contribution in [1.82, 2.24) is 9.03 Å². The molecule has 1 aromatic carbocycles. The topological polar surface area (TPSA) is 67.9 Å². The Morgan fingerprint density at radius 3 is 2.76 bits per heavy atom. The highest BCUT2D eigenvalue weighted by molar-refractivity contribution is 7.87. The van der Waals surface area contributed by atoms with Gasteiger partial charge in [0.25, 0.3) is 10.2 Å². The van der Waals surface area contributed by atoms with Gasteiger partial charge in [0.05, 0.1) is 6.61 Å². The predicted octanol–water partition coefficient (Wildman–Crippen LogP) is 1.30. The first kappa shape index (κ1) is 16.1. The molecule has 1 N–H and O–H groups in total. The maximum absolute atomic E-state index is 11.8. The van der Waals surface area contributed by atoms with E-state index >= 15 is 0 Å². The first-order valence-electron chi connectivity index (χ1n) is 6.96. The fourth-order valence-corrected chi connectivity index (χ4v) is 2.80. The molecule has 1 aromatic rings. The van der Waals surface area contributed by atoms with E-state index in [-0.39, 0.29) is 12.6 Å². The van der Waals surface area contributed by atoms with Crippen molar-refractivity contribution in [3.05, 3.63) is 23.3 Å². The van der Waals surface area contributed by atoms with E-state index in [9.17, 15) is 8.42 Å². The third-order valence-electron chi connectivity index (χ3n) is 3.30. The summed E-state index contributed by atoms with van der Waals surface area (Å²) in [6.45, 7) is 4.61. The average molecular weight is 314 g/mol. The van der Waals surface area contributed by atoms with Crippen LogP contribution in [0.4, 0.5) is 0 Å². The molecular formula is C14H22N2O4S. The van der Waals surface area contributed by atoms with Crippen molar-refractivity contribution in [2.45, 2.75) is 32.9 Å². The highest BCUT2D eigenvalue weighted by atomic mass is 32.2. The van der Waals surface area contributed by atoms with Gasteiger partial charge in [-0.2, -0.15) is 17.4 Å². The van der Waals surface area contributed by atoms with Crippen molar-refractivity contribution < 1.29 is 17.9 Å². The minimum Gasteiger partial charge on any atom is -0.494 e. The second kappa shape index (κ2) is 6.21. The normalized spacial score (nSPS) is 17.7. The molecule has 7 heteroatoms. The van der Waals surface area contributed by atoms with Gasteiger partial charge in [-0.1, -0.05) is 0 Å². The Labute approximate surface area is 126 Å². The van der Waals surface area contributed by atoms with Crippen LogP contribution in [0.1, 0.15) is 25.0 Å². The van der Waals surface area contributed by atoms with Gasteiger partial charge in [0, 0.05) is 38.2 Å². The fourth-order valence-electron chi connectivity index (χ4n) is 2.21. The Kier molecular flexibility index (Phi) is 4.75. The number of rotatable bonds is 6. The van der Waals surface area contributed by atoms with E-state index in [1.807, 2.05) is 26.0 Å². The van der Waals surface area contributed by atoms with Gasteiger partial charge in [-0.15, -0.1) is 0 Å². The molecule has 118 valence electrons. The van der Waals surface area contributed by atoms with Crippen molar-refractivity contribution in [2.24, 2.45) is 0 Å². The summed E-state index contributed by atoms with van der Waals surface area (Å²) in [7, 11) is -0.495. The Hall–Kier alpha value is -1.31. The summed E-state index contributed by atoms with van der Waals surface area (Å²) >= 11 is 0. The van der Waals surface area contributed by atoms with Gasteiger partial charge in [-0.25, -0.2) is 0 Å². The van der Waals surface area contributed by atoms with Crippen LogP contribution in [0.5, 0.6) is 11.5 Å². The zero-order valence-corrected chi connectivity index (χ0v) is 13.7. The number of benzene rings is 1. The molecule has 0 aliphatic carbocycles. The van der Waals surface area contributed by atoms with Gasteiger partial charge in [0.2, 0.25) is 0 Å². The predicted molar refractivity (Wildman–Crippen MR) is 80.9 cm³/mol. The van der Waals surface area contributed by atoms with Crippen LogP contribution in [-0.4, -0.2) is 39.5 Å². The van der Waals surface area contributed by atoms with Gasteiger partial charge in [0.15, 0.2) is 0 Å². The Morgan fingerprint density at radius 2 is 2.14 bits per heavy atom. The van der Waals surface area contributed by atoms with Crippen LogP contribution in [0.3, 0.4) is 0 Å². The van der Waals surface area contributed by atoms with Gasteiger partial charge in [-0.3, -0.25) is 0 Å². The Balaban J connectivity index is 2.24. The lowest BCUT2D eigenvalue weighted by Gasteiger charge is -2.15. The molecule has 0 radical (unpaired) electrons. The largest absolute Gasteiger partial charge is 0.494 e. The number of ether oxygens (including phenoxy) is 2. The van der Waals surface area contributed by atoms with Crippen LogP contribution in [0.15, 0.2) is 12.1 Å². The molecule has 0 amide bonds. The molecule has 0 spiro atoms. The maximum atomic E-state index is 11.8. The van der Waals surface area contributed by atoms with Crippen molar-refractivity contribution >= 4 is 10.2 Å². The number of nitrogens with one attached hydrogen (secondary N) is 1. The van der Waals surface area contributed by atoms with Crippen LogP contribution in [0.25, 0.3) is 0 Å². The molecule has 0 saturated heterocycles. The van der Waals surface area contributed by atoms with E-state index in [0.717, 1.165) is 27.6 Å². The van der Waals surface area contributed by atoms with Gasteiger partial charge < -0.3 is 9.47 Å². The maximum Gasteiger partial charge on any atom is 0.279 e. The first-order valence-corrected chi connectivity index (χ1v) is 8.40. The van der Waals surface area contributed by atoms with Crippen LogP contribution < -0.4 is 14.2 Å². The van der Waals surface area contributed by atoms with Crippen molar-refractivity contribution in [1.29, 1.82) is 0 Å². The first-order chi connectivity index (χ1) is 9.83. The third kappa shape index (κ3) is 3.66. The SMILES string of the molecule is CCOc1cc2c(cc1CNS(=O)(=O)N(C)C)O[C@@H](C)C2. The van der Waals surface area contributed by atoms with E-state index in [0.29, 0.717) is 12.4 Å². The Morgan fingerprint density at radius 1 is 1.43 bits per heavy atom. The van der Waals surface area contributed by atoms with Crippen LogP contribution in [-0.2, 0) is 23.2 Å². The summed E-state index contributed by atoms with van der Waals surface area (Å²) in [5.41, 5.74) is 1.88. The summed E-state index contributed by atoms with van der Waals surface area (Å²) in [5.74, 6) is 1.51. The Bertz CT molecular complexity index is 614. The molecule has 0 aromatic heterocycles. The zero-order valence-electron chi connectivity index (χ0n) is 12.8. The molecule has 0 fully saturated rings. The van der Waals surface area contributed by atoms with E-state index in [4.69, 9.17) is 9.47 Å². The lowest BCUT2D eigenvalue weighted by Crippen LogP contribution is -2.35. The van der Waals surface area contributed by atoms with Crippen LogP contribution in [0, 0.1) is 0 Å². The van der Waals surface area contributed by atoms with Crippen molar-refractivity contribution in [3.8, 4) is 11.5 Å². The number of fused-ring (bicyclic) bond motifs is 1. The smallest absolute Gasteiger partial charge is 0.279 e. The van der Waals surface area contributed by atoms with E-state index < -0.39 is 10.2 Å². The molecule has 0 unspecified atom stereocenters. The standard InChI is InChI=1S/C14H22N2O4S/c1-5-19-13-7-11-6-10(2)20-14(11)8-12(13)9-15-21(17,18)16(3)4/h7-8,10,15H,5-6,9H2,1-4H3/t10-/m0/s1. The minimum absolute atomic E-state index is 0.142. The lowest BCUT2D eigenvalue weighted by molar-refractivity contribution is 0.254. The summed E-state index contributed by atoms with van der Waals surface area (Å²) < 4.78 is 38.6. The van der Waals surface area contributed by atoms with Crippen LogP contribution in [0.2, 0.25) is 0 Å². The van der Waals surface area contributed by atoms with Gasteiger partial charge in [0.1, 0.15) is 17.6 Å². The van der Waals surface area contributed by atoms with Crippen LogP contribution >= 0.6 is 0 Å². The average Bonchev–Trinajstić information content (AvgIpc) is 2.75. The summed E-state index contributed by atoms with van der Waals surface area (Å²) in [6, 6.07) is 3.81. The lowest BCUT2D eigenvalue weighted by atomic mass is 10.1. The molecule has 2 rings (SSSR count). The summed E-state index contributed by atoms with van der Waals surface area (Å²) in [5, 5.41) is 0. The second-order valence-corrected chi connectivity index (χ2v) is 7.21. The highest BCUT2D eigenvalue weighted by Crippen LogP contribution is 2.35. The zero-order chi connectivity index (χ0) is 15.6. The highest BCUT2D eigenvalue weighted by Gasteiger charge is 2.22. The van der Waals surface area contributed by atoms with E-state index in [2.05, 4.69) is 4.72 Å². The molecule has 0 saturated carbocycles. The van der Waals surface area contributed by atoms with Crippen molar-refractivity contribution in [3.63, 3.8) is 0 Å². The van der Waals surface area contributed by atoms with E-state index in [1.165, 1.54) is 14.1 Å². The molecule has 1 heterocycles. The number of nitrogens with zero attached hydrogens (tertiary/aromatic N) is 1. The molecule has 1 aliphatic rings. The quantitative estimate of drug-likeness (QED) is 0.859. The monoisotopic (exact) mass is 314 g/mol.